The number of aryl methyl sites for hydroxylation is 2. The number of halogens is 12. The largest absolute Gasteiger partial charge is 0.416 e. The summed E-state index contributed by atoms with van der Waals surface area (Å²) in [4.78, 5) is 72.3. The highest BCUT2D eigenvalue weighted by Crippen LogP contribution is 2.40. The summed E-state index contributed by atoms with van der Waals surface area (Å²) in [7, 11) is 1.53. The monoisotopic (exact) mass is 1050 g/mol. The molecule has 4 amide bonds. The summed E-state index contributed by atoms with van der Waals surface area (Å²) in [5.41, 5.74) is -2.33. The number of allylic oxidation sites excluding steroid dienone is 2. The van der Waals surface area contributed by atoms with Gasteiger partial charge in [0.05, 0.1) is 22.3 Å². The molecule has 0 saturated heterocycles. The van der Waals surface area contributed by atoms with Crippen LogP contribution in [-0.2, 0) is 56.7 Å². The lowest BCUT2D eigenvalue weighted by atomic mass is 9.85. The van der Waals surface area contributed by atoms with Gasteiger partial charge in [0.25, 0.3) is 0 Å². The average Bonchev–Trinajstić information content (AvgIpc) is 3.32. The van der Waals surface area contributed by atoms with Crippen LogP contribution in [0.15, 0.2) is 83.9 Å². The molecule has 74 heavy (non-hydrogen) atoms. The molecular formula is C51H46F12N4O7. The molecule has 0 radical (unpaired) electrons. The summed E-state index contributed by atoms with van der Waals surface area (Å²) < 4.78 is 158. The van der Waals surface area contributed by atoms with Gasteiger partial charge in [-0.2, -0.15) is 52.7 Å². The fourth-order valence-electron chi connectivity index (χ4n) is 7.88. The van der Waals surface area contributed by atoms with Crippen LogP contribution in [0.1, 0.15) is 129 Å². The first-order valence-corrected chi connectivity index (χ1v) is 22.6. The second-order valence-corrected chi connectivity index (χ2v) is 17.1. The SMILES string of the molecule is CNC(=O)CCCCC(=O)Nc1ccc2c(c1)CC/C(=C\c1cc(C(F)(F)F)cc(C(F)(F)F)c1)C2=O.O=C(CCCCC(=O)Nc1ccc2c(c1)CC/C(=C\c1cc(C(F)(F)F)cc(C(F)(F)F)c1)C2=O)NO. The molecule has 6 rings (SSSR count). The van der Waals surface area contributed by atoms with Crippen LogP contribution in [-0.4, -0.2) is 47.5 Å². The van der Waals surface area contributed by atoms with E-state index in [1.807, 2.05) is 0 Å². The second-order valence-electron chi connectivity index (χ2n) is 17.1. The molecule has 0 saturated carbocycles. The zero-order valence-electron chi connectivity index (χ0n) is 39.0. The molecule has 0 fully saturated rings. The van der Waals surface area contributed by atoms with E-state index in [1.54, 1.807) is 12.1 Å². The van der Waals surface area contributed by atoms with Gasteiger partial charge in [-0.05, 0) is 159 Å². The Bertz CT molecular complexity index is 2590. The number of nitrogens with one attached hydrogen (secondary N) is 4. The van der Waals surface area contributed by atoms with Gasteiger partial charge in [0.1, 0.15) is 0 Å². The molecule has 396 valence electrons. The quantitative estimate of drug-likeness (QED) is 0.0275. The molecule has 0 heterocycles. The highest BCUT2D eigenvalue weighted by atomic mass is 19.4. The maximum absolute atomic E-state index is 13.1. The van der Waals surface area contributed by atoms with Crippen molar-refractivity contribution in [1.29, 1.82) is 0 Å². The number of hydrogen-bond donors (Lipinski definition) is 5. The van der Waals surface area contributed by atoms with Crippen molar-refractivity contribution in [2.45, 2.75) is 102 Å². The molecule has 0 bridgehead atoms. The molecule has 0 atom stereocenters. The van der Waals surface area contributed by atoms with Crippen LogP contribution in [0.2, 0.25) is 0 Å². The molecule has 4 aromatic rings. The van der Waals surface area contributed by atoms with Crippen molar-refractivity contribution >= 4 is 58.7 Å². The number of anilines is 2. The summed E-state index contributed by atoms with van der Waals surface area (Å²) in [6.45, 7) is 0. The van der Waals surface area contributed by atoms with Crippen molar-refractivity contribution in [2.75, 3.05) is 17.7 Å². The van der Waals surface area contributed by atoms with E-state index in [0.717, 1.165) is 12.2 Å². The summed E-state index contributed by atoms with van der Waals surface area (Å²) in [5.74, 6) is -2.27. The fourth-order valence-corrected chi connectivity index (χ4v) is 7.88. The van der Waals surface area contributed by atoms with E-state index in [4.69, 9.17) is 5.21 Å². The van der Waals surface area contributed by atoms with Gasteiger partial charge >= 0.3 is 24.7 Å². The van der Waals surface area contributed by atoms with Crippen molar-refractivity contribution in [3.8, 4) is 0 Å². The minimum atomic E-state index is -4.99. The van der Waals surface area contributed by atoms with Gasteiger partial charge in [-0.15, -0.1) is 0 Å². The van der Waals surface area contributed by atoms with Crippen molar-refractivity contribution < 1.29 is 86.7 Å². The highest BCUT2D eigenvalue weighted by molar-refractivity contribution is 6.14. The Balaban J connectivity index is 0.000000274. The van der Waals surface area contributed by atoms with Crippen molar-refractivity contribution in [3.05, 3.63) is 140 Å². The number of unbranched alkanes of at least 4 members (excludes halogenated alkanes) is 2. The predicted octanol–water partition coefficient (Wildman–Crippen LogP) is 12.1. The number of ketones is 2. The van der Waals surface area contributed by atoms with Crippen molar-refractivity contribution in [3.63, 3.8) is 0 Å². The summed E-state index contributed by atoms with van der Waals surface area (Å²) in [6, 6.07) is 11.5. The van der Waals surface area contributed by atoms with Gasteiger partial charge in [0, 0.05) is 66.4 Å². The molecule has 2 aliphatic carbocycles. The van der Waals surface area contributed by atoms with E-state index in [0.29, 0.717) is 85.3 Å². The molecule has 2 aliphatic rings. The van der Waals surface area contributed by atoms with Crippen LogP contribution in [0.25, 0.3) is 12.2 Å². The third-order valence-electron chi connectivity index (χ3n) is 11.6. The fraction of sp³-hybridized carbons (Fsp3) is 0.333. The van der Waals surface area contributed by atoms with E-state index in [-0.39, 0.29) is 102 Å². The molecule has 0 spiro atoms. The molecule has 11 nitrogen and oxygen atoms in total. The Kier molecular flexibility index (Phi) is 18.8. The van der Waals surface area contributed by atoms with Gasteiger partial charge < -0.3 is 16.0 Å². The van der Waals surface area contributed by atoms with E-state index in [9.17, 15) is 81.5 Å². The summed E-state index contributed by atoms with van der Waals surface area (Å²) in [6.07, 6.45) is -14.5. The zero-order valence-corrected chi connectivity index (χ0v) is 39.0. The molecule has 0 aliphatic heterocycles. The number of carbonyl (C=O) groups excluding carboxylic acids is 6. The second kappa shape index (κ2) is 24.2. The molecule has 5 N–H and O–H groups in total. The topological polar surface area (TPSA) is 171 Å². The Morgan fingerprint density at radius 3 is 1.11 bits per heavy atom. The van der Waals surface area contributed by atoms with Crippen LogP contribution in [0.4, 0.5) is 64.1 Å². The Hall–Kier alpha value is -7.30. The number of rotatable bonds is 14. The first-order chi connectivity index (χ1) is 34.5. The number of amides is 4. The Morgan fingerprint density at radius 2 is 0.797 bits per heavy atom. The third-order valence-corrected chi connectivity index (χ3v) is 11.6. The van der Waals surface area contributed by atoms with Crippen LogP contribution >= 0.6 is 0 Å². The number of carbonyl (C=O) groups is 6. The summed E-state index contributed by atoms with van der Waals surface area (Å²) >= 11 is 0. The van der Waals surface area contributed by atoms with Crippen LogP contribution < -0.4 is 21.4 Å². The van der Waals surface area contributed by atoms with Crippen LogP contribution in [0.3, 0.4) is 0 Å². The number of benzene rings is 4. The van der Waals surface area contributed by atoms with Crippen molar-refractivity contribution in [2.24, 2.45) is 0 Å². The lowest BCUT2D eigenvalue weighted by Crippen LogP contribution is -2.18. The lowest BCUT2D eigenvalue weighted by Gasteiger charge is -2.19. The van der Waals surface area contributed by atoms with Crippen LogP contribution in [0, 0.1) is 0 Å². The summed E-state index contributed by atoms with van der Waals surface area (Å²) in [5, 5.41) is 16.3. The molecule has 23 heteroatoms. The minimum Gasteiger partial charge on any atom is -0.359 e. The number of alkyl halides is 12. The lowest BCUT2D eigenvalue weighted by molar-refractivity contribution is -0.144. The standard InChI is InChI=1S/C26H24F6N2O3.C25H22F6N2O4/c1-33-22(35)4-2-3-5-23(36)34-20-8-9-21-16(13-20)6-7-17(24(21)37)10-15-11-18(25(27,28)29)14-19(12-15)26(30,31)32;26-24(27,28)17-10-14(11-18(13-17)25(29,30)31)9-16-6-5-15-12-19(7-8-20(15)23(16)36)32-21(34)3-1-2-4-22(35)33-37/h8-14H,2-7H2,1H3,(H,33,35)(H,34,36);7-13,37H,1-6H2,(H,32,34)(H,33,35)/b17-10+;16-9+. The van der Waals surface area contributed by atoms with Crippen molar-refractivity contribution in [1.82, 2.24) is 10.8 Å². The smallest absolute Gasteiger partial charge is 0.359 e. The van der Waals surface area contributed by atoms with Gasteiger partial charge in [-0.1, -0.05) is 0 Å². The van der Waals surface area contributed by atoms with E-state index < -0.39 is 64.4 Å². The Labute approximate surface area is 414 Å². The molecule has 4 aromatic carbocycles. The maximum Gasteiger partial charge on any atom is 0.416 e. The van der Waals surface area contributed by atoms with E-state index >= 15 is 0 Å². The van der Waals surface area contributed by atoms with E-state index in [1.165, 1.54) is 36.8 Å². The highest BCUT2D eigenvalue weighted by Gasteiger charge is 2.38. The number of fused-ring (bicyclic) bond motifs is 2. The first kappa shape index (κ1) is 57.6. The predicted molar refractivity (Wildman–Crippen MR) is 245 cm³/mol. The maximum atomic E-state index is 13.1. The molecule has 0 unspecified atom stereocenters. The molecule has 0 aromatic heterocycles. The van der Waals surface area contributed by atoms with Crippen LogP contribution in [0.5, 0.6) is 0 Å². The normalized spacial score (nSPS) is 14.9. The molecular weight excluding hydrogens is 1010 g/mol. The number of Topliss-reactive ketones (excluding diaryl/α,β-unsaturated/α-hetero) is 2. The Morgan fingerprint density at radius 1 is 0.473 bits per heavy atom. The first-order valence-electron chi connectivity index (χ1n) is 22.6. The number of hydrogen-bond acceptors (Lipinski definition) is 7. The van der Waals surface area contributed by atoms with Gasteiger partial charge in [0.15, 0.2) is 11.6 Å². The average molecular weight is 1050 g/mol. The zero-order chi connectivity index (χ0) is 54.8. The van der Waals surface area contributed by atoms with E-state index in [2.05, 4.69) is 16.0 Å². The third kappa shape index (κ3) is 16.4. The van der Waals surface area contributed by atoms with Gasteiger partial charge in [0.2, 0.25) is 23.6 Å². The number of hydroxylamine groups is 1. The minimum absolute atomic E-state index is 0.0294. The van der Waals surface area contributed by atoms with Gasteiger partial charge in [-0.3, -0.25) is 34.0 Å². The van der Waals surface area contributed by atoms with Gasteiger partial charge in [-0.25, -0.2) is 5.48 Å².